The summed E-state index contributed by atoms with van der Waals surface area (Å²) in [6.07, 6.45) is 1.20. The van der Waals surface area contributed by atoms with Crippen LogP contribution in [-0.2, 0) is 14.3 Å². The molecule has 0 unspecified atom stereocenters. The third-order valence-corrected chi connectivity index (χ3v) is 2.38. The Balaban J connectivity index is 2.33. The van der Waals surface area contributed by atoms with E-state index < -0.39 is 6.29 Å². The lowest BCUT2D eigenvalue weighted by Crippen LogP contribution is -2.26. The number of ether oxygens (including phenoxy) is 2. The molecule has 0 aromatic rings. The van der Waals surface area contributed by atoms with Crippen molar-refractivity contribution in [3.05, 3.63) is 9.66 Å². The van der Waals surface area contributed by atoms with Crippen molar-refractivity contribution in [2.24, 2.45) is 0 Å². The largest absolute Gasteiger partial charge is 0.343 e. The lowest BCUT2D eigenvalue weighted by atomic mass is 10.2. The third-order valence-electron chi connectivity index (χ3n) is 1.49. The Bertz CT molecular complexity index is 211. The van der Waals surface area contributed by atoms with Gasteiger partial charge in [-0.3, -0.25) is 4.79 Å². The molecular weight excluding hydrogens is 247 g/mol. The zero-order valence-electron chi connectivity index (χ0n) is 5.04. The van der Waals surface area contributed by atoms with E-state index in [1.807, 2.05) is 22.6 Å². The third kappa shape index (κ3) is 0.906. The van der Waals surface area contributed by atoms with E-state index in [1.54, 1.807) is 6.08 Å². The zero-order chi connectivity index (χ0) is 7.14. The van der Waals surface area contributed by atoms with Gasteiger partial charge < -0.3 is 9.47 Å². The standard InChI is InChI=1S/C6H5IO3/c7-4-1-3-2-9-6(10-3)5(4)8/h1,3,6H,2H2/t3-,6+/m0/s1. The molecule has 0 aromatic heterocycles. The lowest BCUT2D eigenvalue weighted by Gasteiger charge is -2.12. The highest BCUT2D eigenvalue weighted by atomic mass is 127. The van der Waals surface area contributed by atoms with Crippen LogP contribution in [-0.4, -0.2) is 24.8 Å². The predicted octanol–water partition coefficient (Wildman–Crippen LogP) is 0.629. The Labute approximate surface area is 71.5 Å². The van der Waals surface area contributed by atoms with E-state index in [0.29, 0.717) is 6.61 Å². The van der Waals surface area contributed by atoms with E-state index in [1.165, 1.54) is 0 Å². The minimum atomic E-state index is -0.609. The highest BCUT2D eigenvalue weighted by Gasteiger charge is 2.36. The number of fused-ring (bicyclic) bond motifs is 2. The highest BCUT2D eigenvalue weighted by molar-refractivity contribution is 14.1. The van der Waals surface area contributed by atoms with Crippen molar-refractivity contribution in [1.29, 1.82) is 0 Å². The van der Waals surface area contributed by atoms with Gasteiger partial charge >= 0.3 is 0 Å². The molecule has 4 heteroatoms. The minimum absolute atomic E-state index is 0.00889. The molecule has 0 aromatic carbocycles. The van der Waals surface area contributed by atoms with Gasteiger partial charge in [-0.2, -0.15) is 0 Å². The Morgan fingerprint density at radius 2 is 2.50 bits per heavy atom. The van der Waals surface area contributed by atoms with Crippen LogP contribution in [0.3, 0.4) is 0 Å². The molecule has 0 N–H and O–H groups in total. The molecule has 2 aliphatic rings. The van der Waals surface area contributed by atoms with Gasteiger partial charge in [0.1, 0.15) is 6.10 Å². The zero-order valence-corrected chi connectivity index (χ0v) is 7.20. The average molecular weight is 252 g/mol. The van der Waals surface area contributed by atoms with Gasteiger partial charge in [0.15, 0.2) is 0 Å². The van der Waals surface area contributed by atoms with E-state index in [9.17, 15) is 4.79 Å². The molecule has 0 saturated carbocycles. The summed E-state index contributed by atoms with van der Waals surface area (Å²) in [4.78, 5) is 11.1. The molecular formula is C6H5IO3. The summed E-state index contributed by atoms with van der Waals surface area (Å²) >= 11 is 2.00. The Kier molecular flexibility index (Phi) is 1.54. The van der Waals surface area contributed by atoms with Crippen LogP contribution in [0.25, 0.3) is 0 Å². The summed E-state index contributed by atoms with van der Waals surface area (Å²) in [6, 6.07) is 0. The van der Waals surface area contributed by atoms with E-state index >= 15 is 0 Å². The maximum absolute atomic E-state index is 11.1. The molecule has 3 nitrogen and oxygen atoms in total. The van der Waals surface area contributed by atoms with Crippen LogP contribution in [0.15, 0.2) is 9.66 Å². The predicted molar refractivity (Wildman–Crippen MR) is 41.7 cm³/mol. The monoisotopic (exact) mass is 252 g/mol. The molecule has 0 radical (unpaired) electrons. The number of carbonyl (C=O) groups is 1. The van der Waals surface area contributed by atoms with Gasteiger partial charge in [-0.25, -0.2) is 0 Å². The van der Waals surface area contributed by atoms with Crippen LogP contribution in [0.1, 0.15) is 0 Å². The number of hydrogen-bond acceptors (Lipinski definition) is 3. The van der Waals surface area contributed by atoms with E-state index in [2.05, 4.69) is 0 Å². The topological polar surface area (TPSA) is 35.5 Å². The molecule has 2 bridgehead atoms. The van der Waals surface area contributed by atoms with Gasteiger partial charge in [0.2, 0.25) is 12.1 Å². The molecule has 1 fully saturated rings. The number of ketones is 1. The van der Waals surface area contributed by atoms with E-state index in [0.717, 1.165) is 3.58 Å². The summed E-state index contributed by atoms with van der Waals surface area (Å²) < 4.78 is 10.9. The number of halogens is 1. The molecule has 10 heavy (non-hydrogen) atoms. The summed E-state index contributed by atoms with van der Waals surface area (Å²) in [6.45, 7) is 0.517. The fourth-order valence-electron chi connectivity index (χ4n) is 1.00. The normalized spacial score (nSPS) is 38.1. The summed E-state index contributed by atoms with van der Waals surface area (Å²) in [5, 5.41) is 0. The smallest absolute Gasteiger partial charge is 0.224 e. The first kappa shape index (κ1) is 6.75. The minimum Gasteiger partial charge on any atom is -0.343 e. The fourth-order valence-corrected chi connectivity index (χ4v) is 1.66. The van der Waals surface area contributed by atoms with Crippen molar-refractivity contribution >= 4 is 28.4 Å². The van der Waals surface area contributed by atoms with Gasteiger partial charge in [0.05, 0.1) is 10.2 Å². The molecule has 0 amide bonds. The van der Waals surface area contributed by atoms with E-state index in [-0.39, 0.29) is 11.9 Å². The van der Waals surface area contributed by atoms with Crippen LogP contribution in [0.2, 0.25) is 0 Å². The molecule has 0 aliphatic carbocycles. The van der Waals surface area contributed by atoms with Crippen LogP contribution >= 0.6 is 22.6 Å². The molecule has 2 aliphatic heterocycles. The molecule has 2 atom stereocenters. The second kappa shape index (κ2) is 2.28. The van der Waals surface area contributed by atoms with E-state index in [4.69, 9.17) is 9.47 Å². The molecule has 54 valence electrons. The van der Waals surface area contributed by atoms with Crippen molar-refractivity contribution in [2.45, 2.75) is 12.4 Å². The maximum Gasteiger partial charge on any atom is 0.224 e. The van der Waals surface area contributed by atoms with Crippen LogP contribution < -0.4 is 0 Å². The van der Waals surface area contributed by atoms with Crippen molar-refractivity contribution < 1.29 is 14.3 Å². The van der Waals surface area contributed by atoms with Crippen LogP contribution in [0.4, 0.5) is 0 Å². The number of rotatable bonds is 0. The van der Waals surface area contributed by atoms with Crippen LogP contribution in [0.5, 0.6) is 0 Å². The van der Waals surface area contributed by atoms with Crippen LogP contribution in [0, 0.1) is 0 Å². The van der Waals surface area contributed by atoms with Crippen molar-refractivity contribution in [1.82, 2.24) is 0 Å². The van der Waals surface area contributed by atoms with Gasteiger partial charge in [0.25, 0.3) is 0 Å². The summed E-state index contributed by atoms with van der Waals surface area (Å²) in [5.74, 6) is -0.0469. The van der Waals surface area contributed by atoms with Gasteiger partial charge in [-0.15, -0.1) is 0 Å². The van der Waals surface area contributed by atoms with Gasteiger partial charge in [-0.1, -0.05) is 0 Å². The molecule has 2 rings (SSSR count). The van der Waals surface area contributed by atoms with Crippen molar-refractivity contribution in [3.8, 4) is 0 Å². The summed E-state index contributed by atoms with van der Waals surface area (Å²) in [7, 11) is 0. The van der Waals surface area contributed by atoms with Crippen molar-refractivity contribution in [2.75, 3.05) is 6.61 Å². The Hall–Kier alpha value is 0.0600. The number of Topliss-reactive ketones (excluding diaryl/α,β-unsaturated/α-hetero) is 1. The SMILES string of the molecule is O=C1C(I)=C[C@H]2CO[C@@H]1O2. The Morgan fingerprint density at radius 3 is 3.30 bits per heavy atom. The van der Waals surface area contributed by atoms with Gasteiger partial charge in [-0.05, 0) is 28.7 Å². The summed E-state index contributed by atoms with van der Waals surface area (Å²) in [5.41, 5.74) is 0. The molecule has 2 heterocycles. The first-order chi connectivity index (χ1) is 4.77. The highest BCUT2D eigenvalue weighted by Crippen LogP contribution is 2.26. The Morgan fingerprint density at radius 1 is 1.70 bits per heavy atom. The van der Waals surface area contributed by atoms with Crippen molar-refractivity contribution in [3.63, 3.8) is 0 Å². The second-order valence-electron chi connectivity index (χ2n) is 2.22. The molecule has 0 spiro atoms. The first-order valence-electron chi connectivity index (χ1n) is 2.96. The fraction of sp³-hybridized carbons (Fsp3) is 0.500. The second-order valence-corrected chi connectivity index (χ2v) is 3.38. The number of hydrogen-bond donors (Lipinski definition) is 0. The lowest BCUT2D eigenvalue weighted by molar-refractivity contribution is -0.141. The van der Waals surface area contributed by atoms with Gasteiger partial charge in [0, 0.05) is 0 Å². The first-order valence-corrected chi connectivity index (χ1v) is 4.04. The quantitative estimate of drug-likeness (QED) is 0.593. The molecule has 1 saturated heterocycles. The number of carbonyl (C=O) groups excluding carboxylic acids is 1. The average Bonchev–Trinajstić information content (AvgIpc) is 2.29. The maximum atomic E-state index is 11.1.